The van der Waals surface area contributed by atoms with E-state index in [4.69, 9.17) is 5.11 Å². The summed E-state index contributed by atoms with van der Waals surface area (Å²) in [6.45, 7) is 8.64. The topological polar surface area (TPSA) is 67.2 Å². The van der Waals surface area contributed by atoms with Crippen LogP contribution in [0.15, 0.2) is 6.20 Å². The molecule has 0 bridgehead atoms. The van der Waals surface area contributed by atoms with Crippen molar-refractivity contribution >= 4 is 5.97 Å². The number of nitrogens with one attached hydrogen (secondary N) is 1. The summed E-state index contributed by atoms with van der Waals surface area (Å²) in [6, 6.07) is 0.460. The normalized spacial score (nSPS) is 11.4. The molecule has 0 aromatic carbocycles. The molecule has 0 radical (unpaired) electrons. The van der Waals surface area contributed by atoms with E-state index in [2.05, 4.69) is 10.3 Å². The molecule has 1 rings (SSSR count). The summed E-state index contributed by atoms with van der Waals surface area (Å²) in [6.07, 6.45) is 1.62. The number of carbonyl (C=O) groups is 1. The molecule has 0 spiro atoms. The van der Waals surface area contributed by atoms with E-state index in [0.717, 1.165) is 5.69 Å². The van der Waals surface area contributed by atoms with Crippen molar-refractivity contribution in [2.75, 3.05) is 0 Å². The van der Waals surface area contributed by atoms with Gasteiger partial charge in [0.1, 0.15) is 0 Å². The van der Waals surface area contributed by atoms with E-state index in [-0.39, 0.29) is 11.9 Å². The van der Waals surface area contributed by atoms with Gasteiger partial charge >= 0.3 is 5.97 Å². The predicted octanol–water partition coefficient (Wildman–Crippen LogP) is 1.66. The number of carboxylic acid groups (broad SMARTS) is 1. The van der Waals surface area contributed by atoms with Crippen LogP contribution in [0.1, 0.15) is 50.0 Å². The molecule has 0 saturated carbocycles. The fourth-order valence-corrected chi connectivity index (χ4v) is 1.57. The Balaban J connectivity index is 2.96. The van der Waals surface area contributed by atoms with Crippen LogP contribution in [-0.2, 0) is 6.54 Å². The van der Waals surface area contributed by atoms with Gasteiger partial charge in [0, 0.05) is 18.6 Å². The number of carboxylic acids is 1. The smallest absolute Gasteiger partial charge is 0.372 e. The largest absolute Gasteiger partial charge is 0.475 e. The molecule has 5 nitrogen and oxygen atoms in total. The van der Waals surface area contributed by atoms with E-state index in [0.29, 0.717) is 12.6 Å². The van der Waals surface area contributed by atoms with Gasteiger partial charge in [-0.3, -0.25) is 0 Å². The van der Waals surface area contributed by atoms with Crippen LogP contribution in [0.3, 0.4) is 0 Å². The molecule has 0 aliphatic carbocycles. The average Bonchev–Trinajstić information content (AvgIpc) is 2.57. The molecule has 0 aliphatic rings. The summed E-state index contributed by atoms with van der Waals surface area (Å²) in [4.78, 5) is 14.9. The Hall–Kier alpha value is -1.36. The SMILES string of the molecule is CC(C)NCc1cnc(C(=O)O)n1C(C)C. The van der Waals surface area contributed by atoms with Crippen LogP contribution < -0.4 is 5.32 Å². The number of aromatic carboxylic acids is 1. The van der Waals surface area contributed by atoms with Crippen LogP contribution in [0.4, 0.5) is 0 Å². The first-order valence-electron chi connectivity index (χ1n) is 5.46. The highest BCUT2D eigenvalue weighted by Gasteiger charge is 2.17. The lowest BCUT2D eigenvalue weighted by Crippen LogP contribution is -2.24. The summed E-state index contributed by atoms with van der Waals surface area (Å²) >= 11 is 0. The lowest BCUT2D eigenvalue weighted by atomic mass is 10.3. The molecule has 0 aliphatic heterocycles. The van der Waals surface area contributed by atoms with Crippen molar-refractivity contribution in [1.29, 1.82) is 0 Å². The molecule has 1 heterocycles. The quantitative estimate of drug-likeness (QED) is 0.799. The van der Waals surface area contributed by atoms with Crippen molar-refractivity contribution in [3.05, 3.63) is 17.7 Å². The summed E-state index contributed by atoms with van der Waals surface area (Å²) in [5.74, 6) is -0.875. The van der Waals surface area contributed by atoms with Gasteiger partial charge in [0.2, 0.25) is 5.82 Å². The first-order valence-corrected chi connectivity index (χ1v) is 5.46. The Morgan fingerprint density at radius 2 is 2.12 bits per heavy atom. The Kier molecular flexibility index (Phi) is 4.06. The van der Waals surface area contributed by atoms with Gasteiger partial charge in [-0.05, 0) is 13.8 Å². The fourth-order valence-electron chi connectivity index (χ4n) is 1.57. The van der Waals surface area contributed by atoms with Crippen LogP contribution in [-0.4, -0.2) is 26.7 Å². The third kappa shape index (κ3) is 2.82. The van der Waals surface area contributed by atoms with Crippen molar-refractivity contribution < 1.29 is 9.90 Å². The zero-order valence-corrected chi connectivity index (χ0v) is 10.2. The van der Waals surface area contributed by atoms with E-state index < -0.39 is 5.97 Å². The number of rotatable bonds is 5. The number of aromatic nitrogens is 2. The number of hydrogen-bond acceptors (Lipinski definition) is 3. The maximum absolute atomic E-state index is 11.0. The molecule has 0 unspecified atom stereocenters. The van der Waals surface area contributed by atoms with Crippen molar-refractivity contribution in [2.45, 2.75) is 46.3 Å². The molecule has 1 aromatic rings. The maximum atomic E-state index is 11.0. The Labute approximate surface area is 95.5 Å². The van der Waals surface area contributed by atoms with Crippen molar-refractivity contribution in [3.63, 3.8) is 0 Å². The monoisotopic (exact) mass is 225 g/mol. The molecule has 0 amide bonds. The van der Waals surface area contributed by atoms with Crippen molar-refractivity contribution in [1.82, 2.24) is 14.9 Å². The molecule has 0 saturated heterocycles. The highest BCUT2D eigenvalue weighted by atomic mass is 16.4. The van der Waals surface area contributed by atoms with Crippen LogP contribution in [0.2, 0.25) is 0 Å². The lowest BCUT2D eigenvalue weighted by molar-refractivity contribution is 0.0676. The van der Waals surface area contributed by atoms with E-state index in [1.54, 1.807) is 10.8 Å². The number of nitrogens with zero attached hydrogens (tertiary/aromatic N) is 2. The summed E-state index contributed by atoms with van der Waals surface area (Å²) in [5, 5.41) is 12.3. The van der Waals surface area contributed by atoms with Crippen LogP contribution >= 0.6 is 0 Å². The standard InChI is InChI=1S/C11H19N3O2/c1-7(2)12-5-9-6-13-10(11(15)16)14(9)8(3)4/h6-8,12H,5H2,1-4H3,(H,15,16). The molecule has 1 aromatic heterocycles. The average molecular weight is 225 g/mol. The van der Waals surface area contributed by atoms with Gasteiger partial charge < -0.3 is 15.0 Å². The lowest BCUT2D eigenvalue weighted by Gasteiger charge is -2.15. The minimum Gasteiger partial charge on any atom is -0.475 e. The van der Waals surface area contributed by atoms with E-state index in [1.165, 1.54) is 0 Å². The fraction of sp³-hybridized carbons (Fsp3) is 0.636. The zero-order chi connectivity index (χ0) is 12.3. The van der Waals surface area contributed by atoms with Gasteiger partial charge in [-0.1, -0.05) is 13.8 Å². The minimum atomic E-state index is -0.982. The highest BCUT2D eigenvalue weighted by Crippen LogP contribution is 2.13. The van der Waals surface area contributed by atoms with Crippen molar-refractivity contribution in [2.24, 2.45) is 0 Å². The summed E-state index contributed by atoms with van der Waals surface area (Å²) in [5.41, 5.74) is 0.904. The van der Waals surface area contributed by atoms with Gasteiger partial charge in [-0.15, -0.1) is 0 Å². The van der Waals surface area contributed by atoms with Crippen LogP contribution in [0.25, 0.3) is 0 Å². The van der Waals surface area contributed by atoms with Crippen LogP contribution in [0, 0.1) is 0 Å². The molecule has 5 heteroatoms. The first kappa shape index (κ1) is 12.7. The third-order valence-electron chi connectivity index (χ3n) is 2.27. The molecular formula is C11H19N3O2. The predicted molar refractivity (Wildman–Crippen MR) is 61.5 cm³/mol. The second-order valence-electron chi connectivity index (χ2n) is 4.38. The molecule has 0 fully saturated rings. The summed E-state index contributed by atoms with van der Waals surface area (Å²) < 4.78 is 1.75. The van der Waals surface area contributed by atoms with Crippen molar-refractivity contribution in [3.8, 4) is 0 Å². The number of imidazole rings is 1. The Bertz CT molecular complexity index is 369. The molecule has 16 heavy (non-hydrogen) atoms. The van der Waals surface area contributed by atoms with E-state index in [9.17, 15) is 4.79 Å². The second kappa shape index (κ2) is 5.12. The molecular weight excluding hydrogens is 206 g/mol. The second-order valence-corrected chi connectivity index (χ2v) is 4.38. The molecule has 2 N–H and O–H groups in total. The van der Waals surface area contributed by atoms with E-state index >= 15 is 0 Å². The molecule has 90 valence electrons. The number of hydrogen-bond donors (Lipinski definition) is 2. The van der Waals surface area contributed by atoms with Gasteiger partial charge in [0.05, 0.1) is 11.9 Å². The Morgan fingerprint density at radius 1 is 1.50 bits per heavy atom. The summed E-state index contributed by atoms with van der Waals surface area (Å²) in [7, 11) is 0. The minimum absolute atomic E-state index is 0.0950. The van der Waals surface area contributed by atoms with Gasteiger partial charge in [0.15, 0.2) is 0 Å². The van der Waals surface area contributed by atoms with Gasteiger partial charge in [-0.25, -0.2) is 9.78 Å². The van der Waals surface area contributed by atoms with Crippen LogP contribution in [0.5, 0.6) is 0 Å². The van der Waals surface area contributed by atoms with Gasteiger partial charge in [0.25, 0.3) is 0 Å². The van der Waals surface area contributed by atoms with Gasteiger partial charge in [-0.2, -0.15) is 0 Å². The van der Waals surface area contributed by atoms with E-state index in [1.807, 2.05) is 27.7 Å². The first-order chi connectivity index (χ1) is 7.43. The highest BCUT2D eigenvalue weighted by molar-refractivity contribution is 5.83. The Morgan fingerprint density at radius 3 is 2.56 bits per heavy atom. The maximum Gasteiger partial charge on any atom is 0.372 e. The zero-order valence-electron chi connectivity index (χ0n) is 10.2. The third-order valence-corrected chi connectivity index (χ3v) is 2.27. The molecule has 0 atom stereocenters.